The minimum Gasteiger partial charge on any atom is -0.462 e. The molecule has 2 unspecified atom stereocenters. The van der Waals surface area contributed by atoms with Gasteiger partial charge < -0.3 is 33.8 Å². The van der Waals surface area contributed by atoms with Gasteiger partial charge in [0.05, 0.1) is 26.4 Å². The Kier molecular flexibility index (Phi) is 74.2. The quantitative estimate of drug-likeness (QED) is 0.0169. The third kappa shape index (κ3) is 76.2. The number of carbonyl (C=O) groups excluding carboxylic acids is 4. The maximum Gasteiger partial charge on any atom is 0.472 e. The van der Waals surface area contributed by atoms with Crippen LogP contribution in [0, 0.1) is 0 Å². The van der Waals surface area contributed by atoms with Gasteiger partial charge in [-0.05, 0) is 148 Å². The van der Waals surface area contributed by atoms with Crippen molar-refractivity contribution in [2.75, 3.05) is 39.6 Å². The first-order valence-electron chi connectivity index (χ1n) is 41.5. The Hall–Kier alpha value is -4.02. The topological polar surface area (TPSA) is 237 Å². The molecular formula is C85H150O17P2. The molecule has 0 saturated carbocycles. The highest BCUT2D eigenvalue weighted by molar-refractivity contribution is 7.47. The molecule has 0 aliphatic rings. The van der Waals surface area contributed by atoms with E-state index in [1.54, 1.807) is 0 Å². The fraction of sp³-hybridized carbons (Fsp3) is 0.765. The summed E-state index contributed by atoms with van der Waals surface area (Å²) in [6.45, 7) is 4.73. The van der Waals surface area contributed by atoms with Gasteiger partial charge in [0.2, 0.25) is 0 Å². The third-order valence-corrected chi connectivity index (χ3v) is 19.4. The Bertz CT molecular complexity index is 2350. The maximum atomic E-state index is 13.1. The zero-order valence-electron chi connectivity index (χ0n) is 65.9. The minimum atomic E-state index is -4.99. The molecule has 19 heteroatoms. The van der Waals surface area contributed by atoms with Gasteiger partial charge in [-0.25, -0.2) is 9.13 Å². The van der Waals surface area contributed by atoms with Gasteiger partial charge in [-0.3, -0.25) is 37.3 Å². The predicted octanol–water partition coefficient (Wildman–Crippen LogP) is 24.3. The summed E-state index contributed by atoms with van der Waals surface area (Å²) >= 11 is 0. The summed E-state index contributed by atoms with van der Waals surface area (Å²) in [4.78, 5) is 73.1. The average Bonchev–Trinajstić information content (AvgIpc) is 0.918. The van der Waals surface area contributed by atoms with Gasteiger partial charge in [0, 0.05) is 25.7 Å². The first-order valence-corrected chi connectivity index (χ1v) is 44.5. The highest BCUT2D eigenvalue weighted by Gasteiger charge is 2.30. The third-order valence-electron chi connectivity index (χ3n) is 17.5. The zero-order valence-corrected chi connectivity index (χ0v) is 67.7. The monoisotopic (exact) mass is 1510 g/mol. The normalized spacial score (nSPS) is 14.3. The van der Waals surface area contributed by atoms with Crippen LogP contribution >= 0.6 is 15.6 Å². The number of ether oxygens (including phenoxy) is 4. The van der Waals surface area contributed by atoms with E-state index >= 15 is 0 Å². The number of phosphoric acid groups is 2. The summed E-state index contributed by atoms with van der Waals surface area (Å²) in [5.74, 6) is -2.21. The van der Waals surface area contributed by atoms with E-state index in [4.69, 9.17) is 37.0 Å². The summed E-state index contributed by atoms with van der Waals surface area (Å²) in [5.41, 5.74) is 0. The molecule has 17 nitrogen and oxygen atoms in total. The van der Waals surface area contributed by atoms with Crippen LogP contribution < -0.4 is 0 Å². The van der Waals surface area contributed by atoms with Crippen molar-refractivity contribution in [3.8, 4) is 0 Å². The molecule has 104 heavy (non-hydrogen) atoms. The second-order valence-electron chi connectivity index (χ2n) is 27.7. The Morgan fingerprint density at radius 3 is 0.798 bits per heavy atom. The number of rotatable bonds is 78. The van der Waals surface area contributed by atoms with Crippen LogP contribution in [-0.4, -0.2) is 96.7 Å². The summed E-state index contributed by atoms with van der Waals surface area (Å²) in [6, 6.07) is 0. The van der Waals surface area contributed by atoms with Gasteiger partial charge in [-0.15, -0.1) is 0 Å². The van der Waals surface area contributed by atoms with Crippen LogP contribution in [-0.2, 0) is 65.4 Å². The molecule has 0 saturated heterocycles. The number of aliphatic hydroxyl groups excluding tert-OH is 1. The first-order chi connectivity index (χ1) is 50.7. The lowest BCUT2D eigenvalue weighted by molar-refractivity contribution is -0.161. The smallest absolute Gasteiger partial charge is 0.462 e. The summed E-state index contributed by atoms with van der Waals surface area (Å²) in [6.07, 6.45) is 82.3. The molecule has 0 aliphatic carbocycles. The average molecular weight is 1510 g/mol. The predicted molar refractivity (Wildman–Crippen MR) is 427 cm³/mol. The Morgan fingerprint density at radius 1 is 0.279 bits per heavy atom. The van der Waals surface area contributed by atoms with Gasteiger partial charge >= 0.3 is 39.5 Å². The van der Waals surface area contributed by atoms with E-state index in [2.05, 4.69) is 125 Å². The Balaban J connectivity index is 5.39. The number of hydrogen-bond acceptors (Lipinski definition) is 15. The van der Waals surface area contributed by atoms with Crippen LogP contribution in [0.15, 0.2) is 97.2 Å². The standard InChI is InChI=1S/C85H150O17P2/c1-5-9-13-17-21-25-29-33-37-38-39-40-44-46-50-54-58-62-66-70-83(88)96-76-81(102-85(90)72-68-64-60-56-52-48-43-36-32-28-24-20-16-12-8-4)78-100-104(93,94)98-74-79(86)73-97-103(91,92)99-77-80(101-84(89)71-67-63-59-55-51-47-42-35-31-27-23-19-15-11-7-3)75-95-82(87)69-65-61-57-53-49-45-41-34-30-26-22-18-14-10-6-2/h9,13,21,25,27,31,33-34,36-37,39-41,43,46,50,79-81,86H,5-8,10-12,14-20,22-24,26,28-30,32,35,38,42,44-45,47-49,51-78H2,1-4H3,(H,91,92)(H,93,94)/b13-9-,25-21-,31-27-,37-33-,40-39-,41-34-,43-36-,50-46-/t79-,80+,81+/m0/s1. The van der Waals surface area contributed by atoms with E-state index in [9.17, 15) is 43.2 Å². The molecule has 0 radical (unpaired) electrons. The van der Waals surface area contributed by atoms with Crippen LogP contribution in [0.4, 0.5) is 0 Å². The highest BCUT2D eigenvalue weighted by atomic mass is 31.2. The fourth-order valence-corrected chi connectivity index (χ4v) is 12.8. The molecule has 3 N–H and O–H groups in total. The number of unbranched alkanes of at least 4 members (excludes halogenated alkanes) is 36. The van der Waals surface area contributed by atoms with Gasteiger partial charge in [0.1, 0.15) is 19.3 Å². The van der Waals surface area contributed by atoms with Crippen molar-refractivity contribution >= 4 is 39.5 Å². The van der Waals surface area contributed by atoms with Gasteiger partial charge in [-0.1, -0.05) is 285 Å². The molecule has 0 aromatic rings. The van der Waals surface area contributed by atoms with Crippen molar-refractivity contribution in [2.24, 2.45) is 0 Å². The molecule has 0 bridgehead atoms. The Morgan fingerprint density at radius 2 is 0.500 bits per heavy atom. The molecule has 602 valence electrons. The number of phosphoric ester groups is 2. The first kappa shape index (κ1) is 100.0. The molecule has 0 fully saturated rings. The van der Waals surface area contributed by atoms with Gasteiger partial charge in [-0.2, -0.15) is 0 Å². The number of aliphatic hydroxyl groups is 1. The summed E-state index contributed by atoms with van der Waals surface area (Å²) in [5, 5.41) is 10.7. The summed E-state index contributed by atoms with van der Waals surface area (Å²) < 4.78 is 68.7. The second kappa shape index (κ2) is 77.1. The van der Waals surface area contributed by atoms with Crippen LogP contribution in [0.25, 0.3) is 0 Å². The van der Waals surface area contributed by atoms with Crippen LogP contribution in [0.5, 0.6) is 0 Å². The van der Waals surface area contributed by atoms with E-state index < -0.39 is 97.5 Å². The van der Waals surface area contributed by atoms with E-state index in [0.717, 1.165) is 180 Å². The van der Waals surface area contributed by atoms with Crippen LogP contribution in [0.2, 0.25) is 0 Å². The van der Waals surface area contributed by atoms with E-state index in [0.29, 0.717) is 25.7 Å². The maximum absolute atomic E-state index is 13.1. The van der Waals surface area contributed by atoms with Gasteiger partial charge in [0.25, 0.3) is 0 Å². The molecule has 0 heterocycles. The van der Waals surface area contributed by atoms with Gasteiger partial charge in [0.15, 0.2) is 12.2 Å². The van der Waals surface area contributed by atoms with Crippen molar-refractivity contribution in [1.29, 1.82) is 0 Å². The van der Waals surface area contributed by atoms with Crippen molar-refractivity contribution < 1.29 is 80.2 Å². The molecule has 0 rings (SSSR count). The van der Waals surface area contributed by atoms with E-state index in [-0.39, 0.29) is 25.7 Å². The van der Waals surface area contributed by atoms with Crippen molar-refractivity contribution in [3.63, 3.8) is 0 Å². The van der Waals surface area contributed by atoms with Crippen molar-refractivity contribution in [3.05, 3.63) is 97.2 Å². The highest BCUT2D eigenvalue weighted by Crippen LogP contribution is 2.45. The fourth-order valence-electron chi connectivity index (χ4n) is 11.2. The number of allylic oxidation sites excluding steroid dienone is 16. The van der Waals surface area contributed by atoms with Crippen molar-refractivity contribution in [1.82, 2.24) is 0 Å². The lowest BCUT2D eigenvalue weighted by Gasteiger charge is -2.21. The Labute approximate surface area is 633 Å². The van der Waals surface area contributed by atoms with Crippen LogP contribution in [0.1, 0.15) is 362 Å². The molecule has 0 aromatic heterocycles. The SMILES string of the molecule is CC/C=C\C/C=C\C/C=C\C/C=C\C/C=C\CCCCCC(=O)OC[C@H](COP(=O)(O)OC[C@@H](O)COP(=O)(O)OC[C@@H](COC(=O)CCCCCCC/C=C\CCCCCCCC)OC(=O)CCCCCCCCC/C=C\CCCCCC)OC(=O)CCCCCCC/C=C\CCCCCCCC. The number of hydrogen-bond donors (Lipinski definition) is 3. The molecule has 0 spiro atoms. The number of esters is 4. The van der Waals surface area contributed by atoms with E-state index in [1.807, 2.05) is 0 Å². The minimum absolute atomic E-state index is 0.0777. The second-order valence-corrected chi connectivity index (χ2v) is 30.6. The molecule has 0 aromatic carbocycles. The lowest BCUT2D eigenvalue weighted by Crippen LogP contribution is -2.30. The lowest BCUT2D eigenvalue weighted by atomic mass is 10.1. The summed E-state index contributed by atoms with van der Waals surface area (Å²) in [7, 11) is -9.97. The molecule has 5 atom stereocenters. The molecular weight excluding hydrogens is 1350 g/mol. The van der Waals surface area contributed by atoms with Crippen molar-refractivity contribution in [2.45, 2.75) is 380 Å². The molecule has 0 aliphatic heterocycles. The number of carbonyl (C=O) groups is 4. The van der Waals surface area contributed by atoms with E-state index in [1.165, 1.54) is 103 Å². The van der Waals surface area contributed by atoms with Crippen LogP contribution in [0.3, 0.4) is 0 Å². The largest absolute Gasteiger partial charge is 0.472 e. The molecule has 0 amide bonds. The zero-order chi connectivity index (χ0) is 76.0.